The molecule has 0 radical (unpaired) electrons. The molecule has 3 aromatic rings. The first-order valence-electron chi connectivity index (χ1n) is 5.61. The molecule has 0 saturated heterocycles. The molecule has 0 aliphatic heterocycles. The van der Waals surface area contributed by atoms with E-state index in [1.165, 1.54) is 6.33 Å². The number of halogens is 1. The molecule has 0 fully saturated rings. The maximum absolute atomic E-state index is 5.70. The third-order valence-electron chi connectivity index (χ3n) is 2.69. The van der Waals surface area contributed by atoms with E-state index in [0.29, 0.717) is 0 Å². The Morgan fingerprint density at radius 2 is 1.89 bits per heavy atom. The predicted octanol–water partition coefficient (Wildman–Crippen LogP) is 2.52. The number of rotatable bonds is 2. The third kappa shape index (κ3) is 2.30. The number of hydrogen-bond donors (Lipinski definition) is 1. The summed E-state index contributed by atoms with van der Waals surface area (Å²) in [6.07, 6.45) is 6.94. The molecule has 0 amide bonds. The molecular formula is C13H10IN5. The van der Waals surface area contributed by atoms with Gasteiger partial charge in [0.1, 0.15) is 12.2 Å². The van der Waals surface area contributed by atoms with Gasteiger partial charge in [0.2, 0.25) is 0 Å². The van der Waals surface area contributed by atoms with Gasteiger partial charge in [-0.3, -0.25) is 4.57 Å². The summed E-state index contributed by atoms with van der Waals surface area (Å²) in [6, 6.07) is 7.61. The molecule has 0 aliphatic carbocycles. The molecule has 1 aromatic carbocycles. The smallest absolute Gasteiger partial charge is 0.155 e. The van der Waals surface area contributed by atoms with Gasteiger partial charge >= 0.3 is 0 Å². The van der Waals surface area contributed by atoms with Gasteiger partial charge in [-0.1, -0.05) is 0 Å². The van der Waals surface area contributed by atoms with Crippen molar-refractivity contribution >= 4 is 28.3 Å². The fourth-order valence-corrected chi connectivity index (χ4v) is 2.36. The third-order valence-corrected chi connectivity index (χ3v) is 3.45. The van der Waals surface area contributed by atoms with Gasteiger partial charge in [0.05, 0.1) is 3.57 Å². The molecule has 0 spiro atoms. The van der Waals surface area contributed by atoms with Crippen LogP contribution in [-0.2, 0) is 0 Å². The first-order chi connectivity index (χ1) is 9.25. The first-order valence-corrected chi connectivity index (χ1v) is 6.69. The minimum atomic E-state index is 0.735. The number of anilines is 1. The van der Waals surface area contributed by atoms with E-state index in [0.717, 1.165) is 26.5 Å². The highest BCUT2D eigenvalue weighted by Gasteiger charge is 2.10. The van der Waals surface area contributed by atoms with Gasteiger partial charge in [0.15, 0.2) is 5.82 Å². The van der Waals surface area contributed by atoms with E-state index in [1.807, 2.05) is 35.0 Å². The molecule has 0 saturated carbocycles. The van der Waals surface area contributed by atoms with Crippen LogP contribution in [0.25, 0.3) is 17.2 Å². The number of nitrogen functional groups attached to an aromatic ring is 1. The SMILES string of the molecule is Nc1ccc(-c2nccn2-c2ncncc2I)cc1. The van der Waals surface area contributed by atoms with E-state index in [2.05, 4.69) is 37.5 Å². The standard InChI is InChI=1S/C13H10IN5/c14-11-7-16-8-18-13(11)19-6-5-17-12(19)9-1-3-10(15)4-2-9/h1-8H,15H2. The summed E-state index contributed by atoms with van der Waals surface area (Å²) >= 11 is 2.21. The molecular weight excluding hydrogens is 353 g/mol. The molecule has 2 heterocycles. The summed E-state index contributed by atoms with van der Waals surface area (Å²) in [5, 5.41) is 0. The zero-order valence-corrected chi connectivity index (χ0v) is 12.0. The van der Waals surface area contributed by atoms with Crippen molar-refractivity contribution in [2.24, 2.45) is 0 Å². The van der Waals surface area contributed by atoms with Gasteiger partial charge in [0, 0.05) is 29.8 Å². The Kier molecular flexibility index (Phi) is 3.16. The summed E-state index contributed by atoms with van der Waals surface area (Å²) in [7, 11) is 0. The van der Waals surface area contributed by atoms with E-state index in [4.69, 9.17) is 5.73 Å². The Bertz CT molecular complexity index is 705. The van der Waals surface area contributed by atoms with E-state index >= 15 is 0 Å². The number of nitrogens with two attached hydrogens (primary N) is 1. The minimum Gasteiger partial charge on any atom is -0.399 e. The number of imidazole rings is 1. The largest absolute Gasteiger partial charge is 0.399 e. The topological polar surface area (TPSA) is 69.6 Å². The van der Waals surface area contributed by atoms with Gasteiger partial charge in [0.25, 0.3) is 0 Å². The van der Waals surface area contributed by atoms with Crippen molar-refractivity contribution in [3.63, 3.8) is 0 Å². The van der Waals surface area contributed by atoms with E-state index in [1.54, 1.807) is 12.4 Å². The summed E-state index contributed by atoms with van der Waals surface area (Å²) in [5.74, 6) is 1.65. The lowest BCUT2D eigenvalue weighted by Crippen LogP contribution is -2.02. The summed E-state index contributed by atoms with van der Waals surface area (Å²) in [5.41, 5.74) is 7.43. The second kappa shape index (κ2) is 4.96. The van der Waals surface area contributed by atoms with E-state index < -0.39 is 0 Å². The lowest BCUT2D eigenvalue weighted by atomic mass is 10.2. The van der Waals surface area contributed by atoms with Gasteiger partial charge in [-0.05, 0) is 46.9 Å². The number of hydrogen-bond acceptors (Lipinski definition) is 4. The fourth-order valence-electron chi connectivity index (χ4n) is 1.80. The van der Waals surface area contributed by atoms with Crippen LogP contribution < -0.4 is 5.73 Å². The minimum absolute atomic E-state index is 0.735. The summed E-state index contributed by atoms with van der Waals surface area (Å²) in [4.78, 5) is 12.7. The second-order valence-electron chi connectivity index (χ2n) is 3.94. The Morgan fingerprint density at radius 3 is 2.63 bits per heavy atom. The Labute approximate surface area is 123 Å². The van der Waals surface area contributed by atoms with Crippen LogP contribution in [0, 0.1) is 3.57 Å². The highest BCUT2D eigenvalue weighted by atomic mass is 127. The maximum atomic E-state index is 5.70. The molecule has 0 unspecified atom stereocenters. The van der Waals surface area contributed by atoms with Gasteiger partial charge in [-0.2, -0.15) is 0 Å². The van der Waals surface area contributed by atoms with Crippen LogP contribution in [0.15, 0.2) is 49.2 Å². The molecule has 2 aromatic heterocycles. The van der Waals surface area contributed by atoms with Crippen LogP contribution in [0.2, 0.25) is 0 Å². The van der Waals surface area contributed by atoms with Crippen LogP contribution in [0.3, 0.4) is 0 Å². The lowest BCUT2D eigenvalue weighted by molar-refractivity contribution is 0.966. The molecule has 0 atom stereocenters. The molecule has 19 heavy (non-hydrogen) atoms. The Morgan fingerprint density at radius 1 is 1.11 bits per heavy atom. The van der Waals surface area contributed by atoms with Gasteiger partial charge in [-0.15, -0.1) is 0 Å². The quantitative estimate of drug-likeness (QED) is 0.561. The van der Waals surface area contributed by atoms with Crippen LogP contribution in [0.4, 0.5) is 5.69 Å². The van der Waals surface area contributed by atoms with Crippen molar-refractivity contribution in [1.29, 1.82) is 0 Å². The molecule has 5 nitrogen and oxygen atoms in total. The average molecular weight is 363 g/mol. The second-order valence-corrected chi connectivity index (χ2v) is 5.10. The van der Waals surface area contributed by atoms with Crippen molar-refractivity contribution in [2.45, 2.75) is 0 Å². The molecule has 0 bridgehead atoms. The van der Waals surface area contributed by atoms with Crippen molar-refractivity contribution in [3.8, 4) is 17.2 Å². The maximum Gasteiger partial charge on any atom is 0.155 e. The zero-order valence-electron chi connectivity index (χ0n) is 9.86. The molecule has 3 rings (SSSR count). The van der Waals surface area contributed by atoms with E-state index in [-0.39, 0.29) is 0 Å². The summed E-state index contributed by atoms with van der Waals surface area (Å²) < 4.78 is 2.91. The van der Waals surface area contributed by atoms with Crippen LogP contribution in [-0.4, -0.2) is 19.5 Å². The normalized spacial score (nSPS) is 10.6. The average Bonchev–Trinajstić information content (AvgIpc) is 2.89. The number of nitrogens with zero attached hydrogens (tertiary/aromatic N) is 4. The van der Waals surface area contributed by atoms with Crippen molar-refractivity contribution in [3.05, 3.63) is 52.8 Å². The highest BCUT2D eigenvalue weighted by Crippen LogP contribution is 2.23. The van der Waals surface area contributed by atoms with Crippen LogP contribution in [0.1, 0.15) is 0 Å². The van der Waals surface area contributed by atoms with Crippen molar-refractivity contribution < 1.29 is 0 Å². The first kappa shape index (κ1) is 12.1. The Balaban J connectivity index is 2.13. The predicted molar refractivity (Wildman–Crippen MR) is 81.7 cm³/mol. The lowest BCUT2D eigenvalue weighted by Gasteiger charge is -2.08. The Hall–Kier alpha value is -1.96. The fraction of sp³-hybridized carbons (Fsp3) is 0. The van der Waals surface area contributed by atoms with E-state index in [9.17, 15) is 0 Å². The summed E-state index contributed by atoms with van der Waals surface area (Å²) in [6.45, 7) is 0. The van der Waals surface area contributed by atoms with Gasteiger partial charge in [-0.25, -0.2) is 15.0 Å². The zero-order chi connectivity index (χ0) is 13.2. The molecule has 0 aliphatic rings. The number of benzene rings is 1. The van der Waals surface area contributed by atoms with Gasteiger partial charge < -0.3 is 5.73 Å². The van der Waals surface area contributed by atoms with Crippen LogP contribution >= 0.6 is 22.6 Å². The monoisotopic (exact) mass is 363 g/mol. The van der Waals surface area contributed by atoms with Crippen molar-refractivity contribution in [2.75, 3.05) is 5.73 Å². The molecule has 6 heteroatoms. The number of aromatic nitrogens is 4. The molecule has 2 N–H and O–H groups in total. The molecule has 94 valence electrons. The van der Waals surface area contributed by atoms with Crippen molar-refractivity contribution in [1.82, 2.24) is 19.5 Å². The highest BCUT2D eigenvalue weighted by molar-refractivity contribution is 14.1. The van der Waals surface area contributed by atoms with Crippen LogP contribution in [0.5, 0.6) is 0 Å².